The number of carbonyl (C=O) groups is 1. The number of anilines is 1. The SMILES string of the molecule is COc1ccc(S(=O)(=O)N2CCC(C)CC2)cc1C(=O)Nc1ccc(Cl)c(Cl)c1. The van der Waals surface area contributed by atoms with E-state index in [2.05, 4.69) is 12.2 Å². The van der Waals surface area contributed by atoms with Gasteiger partial charge in [0.25, 0.3) is 5.91 Å². The highest BCUT2D eigenvalue weighted by atomic mass is 35.5. The van der Waals surface area contributed by atoms with Crippen LogP contribution in [0.5, 0.6) is 5.75 Å². The first-order valence-electron chi connectivity index (χ1n) is 9.17. The third kappa shape index (κ3) is 4.86. The summed E-state index contributed by atoms with van der Waals surface area (Å²) in [6, 6.07) is 8.98. The first kappa shape index (κ1) is 21.9. The van der Waals surface area contributed by atoms with Crippen molar-refractivity contribution in [2.45, 2.75) is 24.7 Å². The number of carbonyl (C=O) groups excluding carboxylic acids is 1. The lowest BCUT2D eigenvalue weighted by atomic mass is 10.0. The van der Waals surface area contributed by atoms with Gasteiger partial charge in [-0.2, -0.15) is 4.31 Å². The van der Waals surface area contributed by atoms with Gasteiger partial charge in [0, 0.05) is 18.8 Å². The van der Waals surface area contributed by atoms with E-state index in [0.717, 1.165) is 12.8 Å². The zero-order valence-corrected chi connectivity index (χ0v) is 18.4. The van der Waals surface area contributed by atoms with Gasteiger partial charge in [0.2, 0.25) is 10.0 Å². The molecule has 1 heterocycles. The summed E-state index contributed by atoms with van der Waals surface area (Å²) in [4.78, 5) is 12.9. The number of methoxy groups -OCH3 is 1. The van der Waals surface area contributed by atoms with Crippen LogP contribution in [0.15, 0.2) is 41.3 Å². The molecule has 1 fully saturated rings. The number of benzene rings is 2. The van der Waals surface area contributed by atoms with Crippen molar-refractivity contribution in [3.63, 3.8) is 0 Å². The van der Waals surface area contributed by atoms with Crippen LogP contribution in [0, 0.1) is 5.92 Å². The third-order valence-corrected chi connectivity index (χ3v) is 7.61. The van der Waals surface area contributed by atoms with E-state index in [0.29, 0.717) is 34.7 Å². The number of piperidine rings is 1. The molecule has 0 aliphatic carbocycles. The fraction of sp³-hybridized carbons (Fsp3) is 0.350. The maximum absolute atomic E-state index is 13.0. The first-order chi connectivity index (χ1) is 13.7. The van der Waals surface area contributed by atoms with Crippen molar-refractivity contribution < 1.29 is 17.9 Å². The minimum atomic E-state index is -3.69. The zero-order chi connectivity index (χ0) is 21.2. The summed E-state index contributed by atoms with van der Waals surface area (Å²) in [7, 11) is -2.27. The molecule has 0 saturated carbocycles. The molecule has 0 radical (unpaired) electrons. The van der Waals surface area contributed by atoms with Gasteiger partial charge in [0.05, 0.1) is 27.6 Å². The van der Waals surface area contributed by atoms with Gasteiger partial charge in [0.1, 0.15) is 5.75 Å². The van der Waals surface area contributed by atoms with Crippen molar-refractivity contribution in [3.8, 4) is 5.75 Å². The lowest BCUT2D eigenvalue weighted by Gasteiger charge is -2.29. The van der Waals surface area contributed by atoms with E-state index in [-0.39, 0.29) is 16.2 Å². The second-order valence-electron chi connectivity index (χ2n) is 7.03. The number of halogens is 2. The molecule has 0 atom stereocenters. The Kier molecular flexibility index (Phi) is 6.73. The Balaban J connectivity index is 1.90. The molecule has 0 aromatic heterocycles. The van der Waals surface area contributed by atoms with Gasteiger partial charge < -0.3 is 10.1 Å². The molecule has 1 saturated heterocycles. The Bertz CT molecular complexity index is 1020. The molecule has 156 valence electrons. The highest BCUT2D eigenvalue weighted by Gasteiger charge is 2.29. The van der Waals surface area contributed by atoms with Crippen LogP contribution in [0.3, 0.4) is 0 Å². The Labute approximate surface area is 180 Å². The second kappa shape index (κ2) is 8.92. The van der Waals surface area contributed by atoms with Crippen LogP contribution >= 0.6 is 23.2 Å². The summed E-state index contributed by atoms with van der Waals surface area (Å²) in [6.07, 6.45) is 1.64. The number of hydrogen-bond donors (Lipinski definition) is 1. The van der Waals surface area contributed by atoms with Crippen LogP contribution < -0.4 is 10.1 Å². The molecule has 1 N–H and O–H groups in total. The van der Waals surface area contributed by atoms with E-state index < -0.39 is 15.9 Å². The van der Waals surface area contributed by atoms with Gasteiger partial charge in [0.15, 0.2) is 0 Å². The Hall–Kier alpha value is -1.80. The molecule has 1 aliphatic rings. The molecule has 1 amide bonds. The van der Waals surface area contributed by atoms with Gasteiger partial charge in [-0.15, -0.1) is 0 Å². The van der Waals surface area contributed by atoms with Crippen LogP contribution in [0.2, 0.25) is 10.0 Å². The summed E-state index contributed by atoms with van der Waals surface area (Å²) >= 11 is 11.9. The number of ether oxygens (including phenoxy) is 1. The molecule has 2 aromatic rings. The normalized spacial score (nSPS) is 15.9. The molecule has 0 unspecified atom stereocenters. The molecule has 0 spiro atoms. The number of nitrogens with one attached hydrogen (secondary N) is 1. The number of rotatable bonds is 5. The maximum atomic E-state index is 13.0. The van der Waals surface area contributed by atoms with E-state index >= 15 is 0 Å². The fourth-order valence-corrected chi connectivity index (χ4v) is 4.97. The lowest BCUT2D eigenvalue weighted by Crippen LogP contribution is -2.37. The van der Waals surface area contributed by atoms with E-state index in [1.54, 1.807) is 12.1 Å². The predicted octanol–water partition coefficient (Wildman–Crippen LogP) is 4.67. The third-order valence-electron chi connectivity index (χ3n) is 4.97. The second-order valence-corrected chi connectivity index (χ2v) is 9.78. The van der Waals surface area contributed by atoms with Crippen molar-refractivity contribution in [3.05, 3.63) is 52.0 Å². The van der Waals surface area contributed by atoms with E-state index in [4.69, 9.17) is 27.9 Å². The van der Waals surface area contributed by atoms with Gasteiger partial charge in [-0.25, -0.2) is 8.42 Å². The fourth-order valence-electron chi connectivity index (χ4n) is 3.17. The molecular formula is C20H22Cl2N2O4S. The van der Waals surface area contributed by atoms with E-state index in [1.165, 1.54) is 35.7 Å². The van der Waals surface area contributed by atoms with Crippen LogP contribution in [-0.2, 0) is 10.0 Å². The average Bonchev–Trinajstić information content (AvgIpc) is 2.70. The van der Waals surface area contributed by atoms with Crippen molar-refractivity contribution in [1.29, 1.82) is 0 Å². The largest absolute Gasteiger partial charge is 0.496 e. The lowest BCUT2D eigenvalue weighted by molar-refractivity contribution is 0.102. The molecule has 29 heavy (non-hydrogen) atoms. The van der Waals surface area contributed by atoms with Crippen LogP contribution in [0.4, 0.5) is 5.69 Å². The summed E-state index contributed by atoms with van der Waals surface area (Å²) in [5.41, 5.74) is 0.551. The smallest absolute Gasteiger partial charge is 0.259 e. The van der Waals surface area contributed by atoms with Crippen molar-refractivity contribution in [2.24, 2.45) is 5.92 Å². The minimum Gasteiger partial charge on any atom is -0.496 e. The molecular weight excluding hydrogens is 435 g/mol. The molecule has 0 bridgehead atoms. The van der Waals surface area contributed by atoms with Crippen LogP contribution in [0.25, 0.3) is 0 Å². The molecule has 6 nitrogen and oxygen atoms in total. The number of hydrogen-bond acceptors (Lipinski definition) is 4. The van der Waals surface area contributed by atoms with Gasteiger partial charge in [-0.05, 0) is 55.2 Å². The molecule has 2 aromatic carbocycles. The van der Waals surface area contributed by atoms with E-state index in [1.807, 2.05) is 0 Å². The Morgan fingerprint density at radius 2 is 1.79 bits per heavy atom. The van der Waals surface area contributed by atoms with Crippen LogP contribution in [-0.4, -0.2) is 38.8 Å². The highest BCUT2D eigenvalue weighted by molar-refractivity contribution is 7.89. The van der Waals surface area contributed by atoms with Gasteiger partial charge >= 0.3 is 0 Å². The van der Waals surface area contributed by atoms with Crippen molar-refractivity contribution in [2.75, 3.05) is 25.5 Å². The van der Waals surface area contributed by atoms with Crippen molar-refractivity contribution in [1.82, 2.24) is 4.31 Å². The monoisotopic (exact) mass is 456 g/mol. The van der Waals surface area contributed by atoms with Crippen molar-refractivity contribution >= 4 is 44.8 Å². The minimum absolute atomic E-state index is 0.0622. The standard InChI is InChI=1S/C20H22Cl2N2O4S/c1-13-7-9-24(10-8-13)29(26,27)15-4-6-19(28-2)16(12-15)20(25)23-14-3-5-17(21)18(22)11-14/h3-6,11-13H,7-10H2,1-2H3,(H,23,25). The number of nitrogens with zero attached hydrogens (tertiary/aromatic N) is 1. The van der Waals surface area contributed by atoms with E-state index in [9.17, 15) is 13.2 Å². The number of amides is 1. The average molecular weight is 457 g/mol. The Morgan fingerprint density at radius 3 is 2.41 bits per heavy atom. The summed E-state index contributed by atoms with van der Waals surface area (Å²) in [6.45, 7) is 3.06. The number of sulfonamides is 1. The topological polar surface area (TPSA) is 75.7 Å². The summed E-state index contributed by atoms with van der Waals surface area (Å²) < 4.78 is 32.8. The molecule has 3 rings (SSSR count). The predicted molar refractivity (Wildman–Crippen MR) is 115 cm³/mol. The molecule has 1 aliphatic heterocycles. The summed E-state index contributed by atoms with van der Waals surface area (Å²) in [5, 5.41) is 3.36. The quantitative estimate of drug-likeness (QED) is 0.708. The molecule has 9 heteroatoms. The van der Waals surface area contributed by atoms with Crippen LogP contribution in [0.1, 0.15) is 30.1 Å². The highest BCUT2D eigenvalue weighted by Crippen LogP contribution is 2.29. The summed E-state index contributed by atoms with van der Waals surface area (Å²) in [5.74, 6) is 0.267. The first-order valence-corrected chi connectivity index (χ1v) is 11.4. The Morgan fingerprint density at radius 1 is 1.10 bits per heavy atom. The van der Waals surface area contributed by atoms with Gasteiger partial charge in [-0.3, -0.25) is 4.79 Å². The maximum Gasteiger partial charge on any atom is 0.259 e. The van der Waals surface area contributed by atoms with Gasteiger partial charge in [-0.1, -0.05) is 30.1 Å². The zero-order valence-electron chi connectivity index (χ0n) is 16.1.